The maximum Gasteiger partial charge on any atom is 0.343 e. The van der Waals surface area contributed by atoms with Crippen LogP contribution in [0.1, 0.15) is 11.1 Å². The van der Waals surface area contributed by atoms with Crippen LogP contribution in [0.25, 0.3) is 6.08 Å². The Hall–Kier alpha value is -3.96. The van der Waals surface area contributed by atoms with Crippen molar-refractivity contribution < 1.29 is 23.9 Å². The maximum atomic E-state index is 13.7. The fourth-order valence-electron chi connectivity index (χ4n) is 4.23. The molecular formula is C31H22BrIN2O5. The van der Waals surface area contributed by atoms with Crippen molar-refractivity contribution in [1.82, 2.24) is 0 Å². The van der Waals surface area contributed by atoms with Crippen LogP contribution in [-0.4, -0.2) is 25.0 Å². The highest BCUT2D eigenvalue weighted by atomic mass is 127. The second kappa shape index (κ2) is 12.1. The molecule has 4 aromatic rings. The van der Waals surface area contributed by atoms with Crippen LogP contribution in [-0.2, 0) is 16.2 Å². The van der Waals surface area contributed by atoms with Crippen molar-refractivity contribution in [1.29, 1.82) is 0 Å². The molecule has 0 spiro atoms. The van der Waals surface area contributed by atoms with Gasteiger partial charge in [-0.25, -0.2) is 14.6 Å². The molecule has 1 saturated heterocycles. The zero-order valence-corrected chi connectivity index (χ0v) is 25.0. The fourth-order valence-corrected chi connectivity index (χ4v) is 5.41. The number of rotatable bonds is 7. The normalized spacial score (nSPS) is 13.5. The van der Waals surface area contributed by atoms with Crippen molar-refractivity contribution in [2.75, 3.05) is 16.9 Å². The highest BCUT2D eigenvalue weighted by molar-refractivity contribution is 14.1. The molecule has 0 unspecified atom stereocenters. The smallest absolute Gasteiger partial charge is 0.343 e. The van der Waals surface area contributed by atoms with Gasteiger partial charge in [-0.3, -0.25) is 9.59 Å². The molecule has 1 fully saturated rings. The van der Waals surface area contributed by atoms with E-state index in [9.17, 15) is 14.4 Å². The first kappa shape index (κ1) is 27.6. The number of para-hydroxylation sites is 2. The van der Waals surface area contributed by atoms with E-state index >= 15 is 0 Å². The molecule has 0 N–H and O–H groups in total. The first-order valence-corrected chi connectivity index (χ1v) is 14.0. The number of amides is 4. The van der Waals surface area contributed by atoms with Crippen molar-refractivity contribution in [3.8, 4) is 11.5 Å². The van der Waals surface area contributed by atoms with Crippen LogP contribution in [0.4, 0.5) is 16.2 Å². The molecule has 5 rings (SSSR count). The minimum absolute atomic E-state index is 0.160. The van der Waals surface area contributed by atoms with E-state index in [1.54, 1.807) is 72.8 Å². The van der Waals surface area contributed by atoms with Crippen molar-refractivity contribution in [3.63, 3.8) is 0 Å². The van der Waals surface area contributed by atoms with Crippen molar-refractivity contribution in [2.24, 2.45) is 0 Å². The Labute approximate surface area is 253 Å². The fraction of sp³-hybridized carbons (Fsp3) is 0.0645. The largest absolute Gasteiger partial charge is 0.493 e. The van der Waals surface area contributed by atoms with Crippen molar-refractivity contribution in [3.05, 3.63) is 122 Å². The van der Waals surface area contributed by atoms with Crippen LogP contribution >= 0.6 is 38.5 Å². The van der Waals surface area contributed by atoms with Gasteiger partial charge in [-0.15, -0.1) is 0 Å². The third-order valence-electron chi connectivity index (χ3n) is 6.17. The van der Waals surface area contributed by atoms with E-state index in [2.05, 4.69) is 38.5 Å². The van der Waals surface area contributed by atoms with Crippen LogP contribution in [0.3, 0.4) is 0 Å². The predicted molar refractivity (Wildman–Crippen MR) is 165 cm³/mol. The Morgan fingerprint density at radius 1 is 0.800 bits per heavy atom. The standard InChI is InChI=1S/C31H22BrIN2O5/c1-39-27-18-20(17-26(33)28(27)40-19-21-10-8-9-15-25(21)32)16-24-29(36)34(22-11-4-2-5-12-22)31(38)35(30(24)37)23-13-6-3-7-14-23/h2-18H,19H2,1H3. The Bertz CT molecular complexity index is 1560. The first-order chi connectivity index (χ1) is 19.4. The lowest BCUT2D eigenvalue weighted by atomic mass is 10.0. The van der Waals surface area contributed by atoms with Gasteiger partial charge in [-0.2, -0.15) is 0 Å². The molecule has 0 aliphatic carbocycles. The quantitative estimate of drug-likeness (QED) is 0.115. The van der Waals surface area contributed by atoms with Gasteiger partial charge in [0.1, 0.15) is 12.2 Å². The van der Waals surface area contributed by atoms with Crippen LogP contribution in [0, 0.1) is 3.57 Å². The molecule has 0 bridgehead atoms. The average molecular weight is 709 g/mol. The molecule has 40 heavy (non-hydrogen) atoms. The molecule has 0 atom stereocenters. The van der Waals surface area contributed by atoms with E-state index in [1.807, 2.05) is 24.3 Å². The number of barbiturate groups is 1. The van der Waals surface area contributed by atoms with Crippen LogP contribution in [0.15, 0.2) is 107 Å². The van der Waals surface area contributed by atoms with Gasteiger partial charge < -0.3 is 9.47 Å². The summed E-state index contributed by atoms with van der Waals surface area (Å²) in [4.78, 5) is 42.8. The summed E-state index contributed by atoms with van der Waals surface area (Å²) in [6, 6.07) is 27.6. The van der Waals surface area contributed by atoms with E-state index in [0.29, 0.717) is 35.0 Å². The second-order valence-corrected chi connectivity index (χ2v) is 10.7. The Kier molecular flexibility index (Phi) is 8.32. The molecular weight excluding hydrogens is 687 g/mol. The molecule has 200 valence electrons. The van der Waals surface area contributed by atoms with E-state index < -0.39 is 17.8 Å². The number of halogens is 2. The van der Waals surface area contributed by atoms with Gasteiger partial charge in [0, 0.05) is 10.0 Å². The van der Waals surface area contributed by atoms with Gasteiger partial charge >= 0.3 is 6.03 Å². The summed E-state index contributed by atoms with van der Waals surface area (Å²) in [6.07, 6.45) is 1.48. The lowest BCUT2D eigenvalue weighted by molar-refractivity contribution is -0.121. The molecule has 0 radical (unpaired) electrons. The number of nitrogens with zero attached hydrogens (tertiary/aromatic N) is 2. The molecule has 4 amide bonds. The molecule has 7 nitrogen and oxygen atoms in total. The van der Waals surface area contributed by atoms with Crippen molar-refractivity contribution >= 4 is 73.8 Å². The Morgan fingerprint density at radius 2 is 1.35 bits per heavy atom. The molecule has 0 aromatic heterocycles. The Morgan fingerprint density at radius 3 is 1.90 bits per heavy atom. The third-order valence-corrected chi connectivity index (χ3v) is 7.75. The summed E-state index contributed by atoms with van der Waals surface area (Å²) in [5.74, 6) is -0.444. The third kappa shape index (κ3) is 5.52. The monoisotopic (exact) mass is 708 g/mol. The number of urea groups is 1. The summed E-state index contributed by atoms with van der Waals surface area (Å²) in [7, 11) is 1.53. The number of imide groups is 2. The number of hydrogen-bond donors (Lipinski definition) is 0. The minimum atomic E-state index is -0.743. The van der Waals surface area contributed by atoms with E-state index in [-0.39, 0.29) is 5.57 Å². The molecule has 1 heterocycles. The van der Waals surface area contributed by atoms with E-state index in [1.165, 1.54) is 13.2 Å². The van der Waals surface area contributed by atoms with Gasteiger partial charge in [-0.1, -0.05) is 70.5 Å². The molecule has 9 heteroatoms. The van der Waals surface area contributed by atoms with Gasteiger partial charge in [0.15, 0.2) is 11.5 Å². The van der Waals surface area contributed by atoms with Crippen LogP contribution < -0.4 is 19.3 Å². The molecule has 4 aromatic carbocycles. The summed E-state index contributed by atoms with van der Waals surface area (Å²) in [5.41, 5.74) is 2.07. The van der Waals surface area contributed by atoms with E-state index in [4.69, 9.17) is 9.47 Å². The van der Waals surface area contributed by atoms with Gasteiger partial charge in [0.05, 0.1) is 22.1 Å². The maximum absolute atomic E-state index is 13.7. The second-order valence-electron chi connectivity index (χ2n) is 8.71. The highest BCUT2D eigenvalue weighted by Gasteiger charge is 2.43. The van der Waals surface area contributed by atoms with Gasteiger partial charge in [0.2, 0.25) is 0 Å². The minimum Gasteiger partial charge on any atom is -0.493 e. The highest BCUT2D eigenvalue weighted by Crippen LogP contribution is 2.37. The van der Waals surface area contributed by atoms with Crippen LogP contribution in [0.2, 0.25) is 0 Å². The van der Waals surface area contributed by atoms with E-state index in [0.717, 1.165) is 23.4 Å². The number of methoxy groups -OCH3 is 1. The summed E-state index contributed by atoms with van der Waals surface area (Å²) in [5, 5.41) is 0. The Balaban J connectivity index is 1.55. The molecule has 1 aliphatic rings. The predicted octanol–water partition coefficient (Wildman–Crippen LogP) is 7.22. The summed E-state index contributed by atoms with van der Waals surface area (Å²) < 4.78 is 13.4. The lowest BCUT2D eigenvalue weighted by Crippen LogP contribution is -2.57. The number of anilines is 2. The number of ether oxygens (including phenoxy) is 2. The van der Waals surface area contributed by atoms with Crippen molar-refractivity contribution in [2.45, 2.75) is 6.61 Å². The first-order valence-electron chi connectivity index (χ1n) is 12.2. The zero-order valence-electron chi connectivity index (χ0n) is 21.2. The number of benzene rings is 4. The average Bonchev–Trinajstić information content (AvgIpc) is 2.96. The van der Waals surface area contributed by atoms with Gasteiger partial charge in [0.25, 0.3) is 11.8 Å². The van der Waals surface area contributed by atoms with Crippen LogP contribution in [0.5, 0.6) is 11.5 Å². The van der Waals surface area contributed by atoms with Gasteiger partial charge in [-0.05, 0) is 76.7 Å². The SMILES string of the molecule is COc1cc(C=C2C(=O)N(c3ccccc3)C(=O)N(c3ccccc3)C2=O)cc(I)c1OCc1ccccc1Br. The zero-order chi connectivity index (χ0) is 28.2. The topological polar surface area (TPSA) is 76.2 Å². The number of carbonyl (C=O) groups excluding carboxylic acids is 3. The summed E-state index contributed by atoms with van der Waals surface area (Å²) >= 11 is 5.66. The summed E-state index contributed by atoms with van der Waals surface area (Å²) in [6.45, 7) is 0.311. The molecule has 1 aliphatic heterocycles. The number of carbonyl (C=O) groups is 3. The lowest BCUT2D eigenvalue weighted by Gasteiger charge is -2.34. The molecule has 0 saturated carbocycles. The number of hydrogen-bond acceptors (Lipinski definition) is 5.